The predicted octanol–water partition coefficient (Wildman–Crippen LogP) is 1.94. The molecular weight excluding hydrogens is 342 g/mol. The topological polar surface area (TPSA) is 79.4 Å². The number of aliphatic hydroxyl groups excluding tert-OH is 1. The first-order chi connectivity index (χ1) is 12.6. The number of imidazole rings is 1. The molecule has 0 radical (unpaired) electrons. The zero-order valence-corrected chi connectivity index (χ0v) is 13.8. The summed E-state index contributed by atoms with van der Waals surface area (Å²) in [5.74, 6) is 1.70. The normalized spacial score (nSPS) is 24.5. The van der Waals surface area contributed by atoms with Crippen molar-refractivity contribution in [3.8, 4) is 11.5 Å². The maximum atomic E-state index is 13.0. The molecule has 3 aromatic heterocycles. The molecule has 2 fully saturated rings. The summed E-state index contributed by atoms with van der Waals surface area (Å²) >= 11 is 0. The Balaban J connectivity index is 1.51. The highest BCUT2D eigenvalue weighted by atomic mass is 19.3. The van der Waals surface area contributed by atoms with Gasteiger partial charge in [0, 0.05) is 30.9 Å². The van der Waals surface area contributed by atoms with Crippen molar-refractivity contribution >= 4 is 11.5 Å². The van der Waals surface area contributed by atoms with E-state index in [1.165, 1.54) is 16.8 Å². The molecule has 2 unspecified atom stereocenters. The number of rotatable bonds is 4. The van der Waals surface area contributed by atoms with Gasteiger partial charge in [-0.25, -0.2) is 28.7 Å². The summed E-state index contributed by atoms with van der Waals surface area (Å²) in [5.41, 5.74) is 0.691. The van der Waals surface area contributed by atoms with Crippen LogP contribution in [0, 0.1) is 11.3 Å². The third-order valence-electron chi connectivity index (χ3n) is 5.45. The Kier molecular flexibility index (Phi) is 3.24. The number of hydrogen-bond acceptors (Lipinski definition) is 6. The van der Waals surface area contributed by atoms with Crippen molar-refractivity contribution in [2.45, 2.75) is 12.8 Å². The quantitative estimate of drug-likeness (QED) is 0.768. The second-order valence-corrected chi connectivity index (χ2v) is 7.03. The molecule has 134 valence electrons. The Hall–Kier alpha value is -2.68. The van der Waals surface area contributed by atoms with Crippen molar-refractivity contribution in [3.05, 3.63) is 36.5 Å². The molecule has 1 aliphatic carbocycles. The van der Waals surface area contributed by atoms with Gasteiger partial charge in [-0.1, -0.05) is 0 Å². The first-order valence-electron chi connectivity index (χ1n) is 8.40. The van der Waals surface area contributed by atoms with Crippen molar-refractivity contribution in [2.75, 3.05) is 24.6 Å². The first kappa shape index (κ1) is 15.6. The van der Waals surface area contributed by atoms with Crippen LogP contribution in [0.3, 0.4) is 0 Å². The number of fused-ring (bicyclic) bond motifs is 2. The molecule has 0 aromatic carbocycles. The molecule has 7 nitrogen and oxygen atoms in total. The fourth-order valence-electron chi connectivity index (χ4n) is 3.84. The lowest BCUT2D eigenvalue weighted by Gasteiger charge is -2.21. The van der Waals surface area contributed by atoms with E-state index in [9.17, 15) is 13.9 Å². The van der Waals surface area contributed by atoms with Gasteiger partial charge in [0.1, 0.15) is 17.2 Å². The second kappa shape index (κ2) is 5.41. The average Bonchev–Trinajstić information content (AvgIpc) is 3.03. The van der Waals surface area contributed by atoms with Gasteiger partial charge in [-0.15, -0.1) is 0 Å². The van der Waals surface area contributed by atoms with Gasteiger partial charge in [0.15, 0.2) is 11.5 Å². The maximum Gasteiger partial charge on any atom is 0.281 e. The molecule has 26 heavy (non-hydrogen) atoms. The van der Waals surface area contributed by atoms with E-state index in [-0.39, 0.29) is 17.7 Å². The van der Waals surface area contributed by atoms with Gasteiger partial charge < -0.3 is 10.0 Å². The SMILES string of the molecule is OCC12CC1CN(c1ccnc(-c3cnc4cnc(C(F)F)cn34)n1)C2. The van der Waals surface area contributed by atoms with Gasteiger partial charge in [0.2, 0.25) is 0 Å². The monoisotopic (exact) mass is 358 g/mol. The lowest BCUT2D eigenvalue weighted by Crippen LogP contribution is -2.26. The van der Waals surface area contributed by atoms with E-state index in [0.717, 1.165) is 25.3 Å². The van der Waals surface area contributed by atoms with Crippen LogP contribution in [-0.2, 0) is 0 Å². The van der Waals surface area contributed by atoms with E-state index < -0.39 is 6.43 Å². The number of hydrogen-bond donors (Lipinski definition) is 1. The summed E-state index contributed by atoms with van der Waals surface area (Å²) in [7, 11) is 0. The molecule has 1 N–H and O–H groups in total. The summed E-state index contributed by atoms with van der Waals surface area (Å²) in [6.45, 7) is 1.84. The van der Waals surface area contributed by atoms with E-state index in [4.69, 9.17) is 0 Å². The zero-order valence-electron chi connectivity index (χ0n) is 13.8. The van der Waals surface area contributed by atoms with Crippen molar-refractivity contribution < 1.29 is 13.9 Å². The van der Waals surface area contributed by atoms with Crippen LogP contribution < -0.4 is 4.90 Å². The largest absolute Gasteiger partial charge is 0.396 e. The summed E-state index contributed by atoms with van der Waals surface area (Å²) in [4.78, 5) is 19.0. The number of piperidine rings is 1. The van der Waals surface area contributed by atoms with Crippen molar-refractivity contribution in [2.24, 2.45) is 11.3 Å². The molecule has 2 aliphatic rings. The highest BCUT2D eigenvalue weighted by molar-refractivity contribution is 5.58. The highest BCUT2D eigenvalue weighted by Gasteiger charge is 2.59. The van der Waals surface area contributed by atoms with Gasteiger partial charge in [0.25, 0.3) is 6.43 Å². The van der Waals surface area contributed by atoms with E-state index in [1.807, 2.05) is 6.07 Å². The number of nitrogens with zero attached hydrogens (tertiary/aromatic N) is 6. The lowest BCUT2D eigenvalue weighted by molar-refractivity contribution is 0.145. The molecule has 0 spiro atoms. The fourth-order valence-corrected chi connectivity index (χ4v) is 3.84. The Morgan fingerprint density at radius 3 is 2.92 bits per heavy atom. The smallest absolute Gasteiger partial charge is 0.281 e. The third kappa shape index (κ3) is 2.27. The van der Waals surface area contributed by atoms with Crippen molar-refractivity contribution in [3.63, 3.8) is 0 Å². The average molecular weight is 358 g/mol. The molecule has 0 amide bonds. The van der Waals surface area contributed by atoms with E-state index in [0.29, 0.717) is 23.1 Å². The third-order valence-corrected chi connectivity index (χ3v) is 5.45. The van der Waals surface area contributed by atoms with Gasteiger partial charge in [0.05, 0.1) is 19.0 Å². The molecule has 1 saturated carbocycles. The van der Waals surface area contributed by atoms with Crippen LogP contribution in [0.25, 0.3) is 17.2 Å². The number of aliphatic hydroxyl groups is 1. The van der Waals surface area contributed by atoms with Crippen LogP contribution in [0.1, 0.15) is 18.5 Å². The van der Waals surface area contributed by atoms with Crippen LogP contribution in [0.4, 0.5) is 14.6 Å². The minimum atomic E-state index is -2.66. The standard InChI is InChI=1S/C17H16F2N6O/c18-15(19)11-7-25-12(4-22-14(25)5-21-11)16-20-2-1-13(23-16)24-6-10-3-17(10,8-24)9-26/h1-2,4-5,7,10,15,26H,3,6,8-9H2. The van der Waals surface area contributed by atoms with E-state index in [2.05, 4.69) is 24.8 Å². The maximum absolute atomic E-state index is 13.0. The number of alkyl halides is 2. The van der Waals surface area contributed by atoms with E-state index >= 15 is 0 Å². The van der Waals surface area contributed by atoms with Crippen molar-refractivity contribution in [1.29, 1.82) is 0 Å². The van der Waals surface area contributed by atoms with E-state index in [1.54, 1.807) is 12.4 Å². The molecular formula is C17H16F2N6O. The van der Waals surface area contributed by atoms with Gasteiger partial charge in [-0.05, 0) is 18.4 Å². The summed E-state index contributed by atoms with van der Waals surface area (Å²) in [6, 6.07) is 1.83. The molecule has 9 heteroatoms. The predicted molar refractivity (Wildman–Crippen MR) is 88.8 cm³/mol. The van der Waals surface area contributed by atoms with Crippen LogP contribution in [0.15, 0.2) is 30.9 Å². The van der Waals surface area contributed by atoms with Crippen LogP contribution in [-0.4, -0.2) is 49.1 Å². The summed E-state index contributed by atoms with van der Waals surface area (Å²) < 4.78 is 27.5. The van der Waals surface area contributed by atoms with Gasteiger partial charge in [-0.3, -0.25) is 4.40 Å². The molecule has 0 bridgehead atoms. The molecule has 4 heterocycles. The molecule has 1 saturated heterocycles. The Bertz CT molecular complexity index is 988. The minimum absolute atomic E-state index is 0.0201. The van der Waals surface area contributed by atoms with Gasteiger partial charge >= 0.3 is 0 Å². The van der Waals surface area contributed by atoms with Crippen LogP contribution >= 0.6 is 0 Å². The Labute approximate surface area is 147 Å². The zero-order chi connectivity index (χ0) is 17.9. The number of aromatic nitrogens is 5. The molecule has 5 rings (SSSR count). The number of anilines is 1. The highest BCUT2D eigenvalue weighted by Crippen LogP contribution is 2.57. The summed E-state index contributed by atoms with van der Waals surface area (Å²) in [6.07, 6.45) is 4.20. The molecule has 2 atom stereocenters. The second-order valence-electron chi connectivity index (χ2n) is 7.03. The molecule has 3 aromatic rings. The minimum Gasteiger partial charge on any atom is -0.396 e. The lowest BCUT2D eigenvalue weighted by atomic mass is 10.1. The first-order valence-corrected chi connectivity index (χ1v) is 8.40. The van der Waals surface area contributed by atoms with Crippen LogP contribution in [0.2, 0.25) is 0 Å². The molecule has 1 aliphatic heterocycles. The Morgan fingerprint density at radius 1 is 1.27 bits per heavy atom. The van der Waals surface area contributed by atoms with Crippen LogP contribution in [0.5, 0.6) is 0 Å². The Morgan fingerprint density at radius 2 is 2.15 bits per heavy atom. The summed E-state index contributed by atoms with van der Waals surface area (Å²) in [5, 5.41) is 9.59. The van der Waals surface area contributed by atoms with Crippen molar-refractivity contribution in [1.82, 2.24) is 24.3 Å². The fraction of sp³-hybridized carbons (Fsp3) is 0.412. The van der Waals surface area contributed by atoms with Gasteiger partial charge in [-0.2, -0.15) is 0 Å². The number of halogens is 2.